The SMILES string of the molecule is Cn1c(N)c2ncn([C@@H]3O[C@H](CO)C(O)C3O)c2nc1=O. The van der Waals surface area contributed by atoms with Crippen LogP contribution in [0.15, 0.2) is 11.1 Å². The van der Waals surface area contributed by atoms with E-state index in [0.29, 0.717) is 0 Å². The maximum Gasteiger partial charge on any atom is 0.350 e. The van der Waals surface area contributed by atoms with Crippen LogP contribution in [0.2, 0.25) is 0 Å². The summed E-state index contributed by atoms with van der Waals surface area (Å²) in [6.07, 6.45) is -3.16. The van der Waals surface area contributed by atoms with Gasteiger partial charge in [-0.15, -0.1) is 0 Å². The molecule has 2 aromatic heterocycles. The molecule has 0 saturated carbocycles. The molecule has 0 radical (unpaired) electrons. The molecule has 0 spiro atoms. The van der Waals surface area contributed by atoms with Crippen LogP contribution in [-0.4, -0.2) is 59.3 Å². The lowest BCUT2D eigenvalue weighted by Gasteiger charge is -2.16. The molecule has 0 amide bonds. The Morgan fingerprint density at radius 1 is 1.43 bits per heavy atom. The predicted molar refractivity (Wildman–Crippen MR) is 70.2 cm³/mol. The van der Waals surface area contributed by atoms with Crippen LogP contribution in [0.3, 0.4) is 0 Å². The number of aromatic nitrogens is 4. The molecule has 2 aromatic rings. The fourth-order valence-corrected chi connectivity index (χ4v) is 2.37. The van der Waals surface area contributed by atoms with E-state index < -0.39 is 36.8 Å². The van der Waals surface area contributed by atoms with Gasteiger partial charge in [0.05, 0.1) is 12.9 Å². The minimum absolute atomic E-state index is 0.135. The van der Waals surface area contributed by atoms with Crippen molar-refractivity contribution in [1.82, 2.24) is 19.1 Å². The molecule has 10 heteroatoms. The Labute approximate surface area is 118 Å². The van der Waals surface area contributed by atoms with Crippen molar-refractivity contribution in [2.75, 3.05) is 12.3 Å². The lowest BCUT2D eigenvalue weighted by atomic mass is 10.1. The van der Waals surface area contributed by atoms with Crippen LogP contribution in [0.5, 0.6) is 0 Å². The largest absolute Gasteiger partial charge is 0.394 e. The van der Waals surface area contributed by atoms with Crippen molar-refractivity contribution in [2.45, 2.75) is 24.5 Å². The van der Waals surface area contributed by atoms with Gasteiger partial charge in [0, 0.05) is 7.05 Å². The Bertz CT molecular complexity index is 740. The molecule has 1 saturated heterocycles. The molecule has 114 valence electrons. The Kier molecular flexibility index (Phi) is 3.17. The maximum atomic E-state index is 11.7. The van der Waals surface area contributed by atoms with Crippen molar-refractivity contribution in [2.24, 2.45) is 7.05 Å². The third kappa shape index (κ3) is 1.92. The quantitative estimate of drug-likeness (QED) is 0.468. The second-order valence-electron chi connectivity index (χ2n) is 4.89. The van der Waals surface area contributed by atoms with Gasteiger partial charge in [-0.2, -0.15) is 4.98 Å². The summed E-state index contributed by atoms with van der Waals surface area (Å²) < 4.78 is 7.85. The lowest BCUT2D eigenvalue weighted by molar-refractivity contribution is -0.0511. The highest BCUT2D eigenvalue weighted by Crippen LogP contribution is 2.31. The van der Waals surface area contributed by atoms with Gasteiger partial charge in [0.2, 0.25) is 0 Å². The fourth-order valence-electron chi connectivity index (χ4n) is 2.37. The summed E-state index contributed by atoms with van der Waals surface area (Å²) in [6, 6.07) is 0. The number of hydrogen-bond acceptors (Lipinski definition) is 8. The first kappa shape index (κ1) is 13.9. The lowest BCUT2D eigenvalue weighted by Crippen LogP contribution is -2.33. The number of hydrogen-bond donors (Lipinski definition) is 4. The molecule has 2 unspecified atom stereocenters. The van der Waals surface area contributed by atoms with Crippen molar-refractivity contribution in [1.29, 1.82) is 0 Å². The van der Waals surface area contributed by atoms with E-state index in [2.05, 4.69) is 9.97 Å². The van der Waals surface area contributed by atoms with E-state index >= 15 is 0 Å². The highest BCUT2D eigenvalue weighted by atomic mass is 16.6. The number of nitrogens with two attached hydrogens (primary N) is 1. The van der Waals surface area contributed by atoms with Gasteiger partial charge < -0.3 is 25.8 Å². The van der Waals surface area contributed by atoms with E-state index in [1.165, 1.54) is 17.9 Å². The van der Waals surface area contributed by atoms with Crippen molar-refractivity contribution in [3.63, 3.8) is 0 Å². The van der Waals surface area contributed by atoms with Gasteiger partial charge in [-0.25, -0.2) is 9.78 Å². The molecule has 21 heavy (non-hydrogen) atoms. The van der Waals surface area contributed by atoms with Gasteiger partial charge in [-0.05, 0) is 0 Å². The van der Waals surface area contributed by atoms with Crippen LogP contribution in [0, 0.1) is 0 Å². The molecular weight excluding hydrogens is 282 g/mol. The first-order valence-corrected chi connectivity index (χ1v) is 6.27. The Hall–Kier alpha value is -2.01. The van der Waals surface area contributed by atoms with Crippen molar-refractivity contribution in [3.05, 3.63) is 16.8 Å². The van der Waals surface area contributed by atoms with E-state index in [0.717, 1.165) is 4.57 Å². The van der Waals surface area contributed by atoms with Crippen LogP contribution < -0.4 is 11.4 Å². The number of aliphatic hydroxyl groups excluding tert-OH is 3. The number of fused-ring (bicyclic) bond motifs is 1. The summed E-state index contributed by atoms with van der Waals surface area (Å²) >= 11 is 0. The summed E-state index contributed by atoms with van der Waals surface area (Å²) in [5.41, 5.74) is 5.66. The summed E-state index contributed by atoms with van der Waals surface area (Å²) in [4.78, 5) is 19.6. The molecule has 1 aliphatic heterocycles. The number of ether oxygens (including phenoxy) is 1. The maximum absolute atomic E-state index is 11.7. The molecule has 1 fully saturated rings. The summed E-state index contributed by atoms with van der Waals surface area (Å²) in [6.45, 7) is -0.446. The summed E-state index contributed by atoms with van der Waals surface area (Å²) in [5, 5.41) is 28.9. The van der Waals surface area contributed by atoms with Gasteiger partial charge in [0.15, 0.2) is 11.9 Å². The van der Waals surface area contributed by atoms with Crippen LogP contribution in [-0.2, 0) is 11.8 Å². The molecular formula is C11H15N5O5. The Morgan fingerprint density at radius 3 is 2.76 bits per heavy atom. The van der Waals surface area contributed by atoms with Crippen LogP contribution >= 0.6 is 0 Å². The highest BCUT2D eigenvalue weighted by molar-refractivity contribution is 5.81. The molecule has 0 aliphatic carbocycles. The molecule has 4 atom stereocenters. The molecule has 0 aromatic carbocycles. The molecule has 3 rings (SSSR count). The van der Waals surface area contributed by atoms with Crippen molar-refractivity contribution < 1.29 is 20.1 Å². The standard InChI is InChI=1S/C11H15N5O5/c1-15-8(12)5-9(14-11(15)20)16(3-13-5)10-7(19)6(18)4(2-17)21-10/h3-4,6-7,10,17-19H,2,12H2,1H3/t4-,6?,7?,10-/m1/s1. The second kappa shape index (κ2) is 4.77. The van der Waals surface area contributed by atoms with E-state index in [4.69, 9.17) is 15.6 Å². The fraction of sp³-hybridized carbons (Fsp3) is 0.545. The molecule has 5 N–H and O–H groups in total. The summed E-state index contributed by atoms with van der Waals surface area (Å²) in [7, 11) is 1.47. The Morgan fingerprint density at radius 2 is 2.14 bits per heavy atom. The zero-order valence-electron chi connectivity index (χ0n) is 11.1. The van der Waals surface area contributed by atoms with Gasteiger partial charge in [-0.1, -0.05) is 0 Å². The Balaban J connectivity index is 2.12. The van der Waals surface area contributed by atoms with Crippen LogP contribution in [0.4, 0.5) is 5.82 Å². The van der Waals surface area contributed by atoms with Gasteiger partial charge in [0.1, 0.15) is 29.6 Å². The van der Waals surface area contributed by atoms with Crippen molar-refractivity contribution >= 4 is 17.0 Å². The van der Waals surface area contributed by atoms with Gasteiger partial charge in [-0.3, -0.25) is 9.13 Å². The number of rotatable bonds is 2. The number of imidazole rings is 1. The number of nitrogen functional groups attached to an aromatic ring is 1. The minimum Gasteiger partial charge on any atom is -0.394 e. The first-order valence-electron chi connectivity index (χ1n) is 6.27. The first-order chi connectivity index (χ1) is 9.95. The second-order valence-corrected chi connectivity index (χ2v) is 4.89. The van der Waals surface area contributed by atoms with E-state index in [1.807, 2.05) is 0 Å². The predicted octanol–water partition coefficient (Wildman–Crippen LogP) is -2.68. The molecule has 10 nitrogen and oxygen atoms in total. The third-order valence-electron chi connectivity index (χ3n) is 3.65. The number of nitrogens with zero attached hydrogens (tertiary/aromatic N) is 4. The molecule has 3 heterocycles. The van der Waals surface area contributed by atoms with Gasteiger partial charge in [0.25, 0.3) is 0 Å². The zero-order valence-corrected chi connectivity index (χ0v) is 11.1. The van der Waals surface area contributed by atoms with Crippen LogP contribution in [0.1, 0.15) is 6.23 Å². The topological polar surface area (TPSA) is 149 Å². The number of aliphatic hydroxyl groups is 3. The molecule has 1 aliphatic rings. The van der Waals surface area contributed by atoms with E-state index in [9.17, 15) is 15.0 Å². The smallest absolute Gasteiger partial charge is 0.350 e. The minimum atomic E-state index is -1.29. The van der Waals surface area contributed by atoms with E-state index in [1.54, 1.807) is 0 Å². The third-order valence-corrected chi connectivity index (χ3v) is 3.65. The van der Waals surface area contributed by atoms with Crippen LogP contribution in [0.25, 0.3) is 11.2 Å². The van der Waals surface area contributed by atoms with E-state index in [-0.39, 0.29) is 17.0 Å². The average molecular weight is 297 g/mol. The normalized spacial score (nSPS) is 29.3. The van der Waals surface area contributed by atoms with Gasteiger partial charge >= 0.3 is 5.69 Å². The monoisotopic (exact) mass is 297 g/mol. The average Bonchev–Trinajstić information content (AvgIpc) is 2.99. The zero-order chi connectivity index (χ0) is 15.3. The summed E-state index contributed by atoms with van der Waals surface area (Å²) in [5.74, 6) is 0.135. The number of anilines is 1. The molecule has 0 bridgehead atoms. The van der Waals surface area contributed by atoms with Crippen molar-refractivity contribution in [3.8, 4) is 0 Å². The highest BCUT2D eigenvalue weighted by Gasteiger charge is 2.44.